The van der Waals surface area contributed by atoms with Crippen LogP contribution in [0.25, 0.3) is 0 Å². The van der Waals surface area contributed by atoms with E-state index < -0.39 is 0 Å². The van der Waals surface area contributed by atoms with E-state index in [4.69, 9.17) is 11.6 Å². The minimum absolute atomic E-state index is 0.210. The fourth-order valence-electron chi connectivity index (χ4n) is 1.29. The molecule has 0 aliphatic heterocycles. The van der Waals surface area contributed by atoms with Gasteiger partial charge in [-0.15, -0.1) is 0 Å². The van der Waals surface area contributed by atoms with E-state index in [1.807, 2.05) is 6.92 Å². The van der Waals surface area contributed by atoms with Crippen LogP contribution >= 0.6 is 11.6 Å². The molecule has 4 heteroatoms. The summed E-state index contributed by atoms with van der Waals surface area (Å²) in [6, 6.07) is 6.83. The molecule has 2 heterocycles. The number of ketones is 1. The Morgan fingerprint density at radius 1 is 1.25 bits per heavy atom. The predicted molar refractivity (Wildman–Crippen MR) is 61.7 cm³/mol. The number of carbonyl (C=O) groups excluding carboxylic acids is 1. The highest BCUT2D eigenvalue weighted by Gasteiger charge is 2.13. The molecular formula is C12H9ClN2O. The van der Waals surface area contributed by atoms with E-state index in [-0.39, 0.29) is 11.5 Å². The number of carbonyl (C=O) groups is 1. The number of aryl methyl sites for hydroxylation is 1. The maximum Gasteiger partial charge on any atom is 0.214 e. The molecule has 0 aliphatic rings. The minimum atomic E-state index is -0.210. The third-order valence-corrected chi connectivity index (χ3v) is 2.45. The Morgan fingerprint density at radius 2 is 2.06 bits per heavy atom. The molecule has 0 spiro atoms. The molecule has 3 nitrogen and oxygen atoms in total. The molecule has 0 radical (unpaired) electrons. The van der Waals surface area contributed by atoms with Crippen molar-refractivity contribution in [2.24, 2.45) is 0 Å². The number of hydrogen-bond acceptors (Lipinski definition) is 3. The van der Waals surface area contributed by atoms with Crippen molar-refractivity contribution >= 4 is 17.4 Å². The van der Waals surface area contributed by atoms with Crippen LogP contribution in [0.3, 0.4) is 0 Å². The zero-order valence-electron chi connectivity index (χ0n) is 8.64. The third-order valence-electron chi connectivity index (χ3n) is 2.15. The van der Waals surface area contributed by atoms with Crippen molar-refractivity contribution in [2.45, 2.75) is 6.92 Å². The van der Waals surface area contributed by atoms with E-state index in [0.29, 0.717) is 10.6 Å². The van der Waals surface area contributed by atoms with Gasteiger partial charge in [-0.1, -0.05) is 11.6 Å². The van der Waals surface area contributed by atoms with E-state index in [2.05, 4.69) is 9.97 Å². The molecule has 0 bridgehead atoms. The van der Waals surface area contributed by atoms with Gasteiger partial charge in [0.1, 0.15) is 5.69 Å². The fraction of sp³-hybridized carbons (Fsp3) is 0.0833. The molecule has 2 rings (SSSR count). The van der Waals surface area contributed by atoms with Gasteiger partial charge in [0.05, 0.1) is 5.02 Å². The van der Waals surface area contributed by atoms with Crippen molar-refractivity contribution in [1.82, 2.24) is 9.97 Å². The molecule has 0 atom stereocenters. The van der Waals surface area contributed by atoms with Crippen molar-refractivity contribution in [3.63, 3.8) is 0 Å². The number of hydrogen-bond donors (Lipinski definition) is 0. The van der Waals surface area contributed by atoms with Crippen LogP contribution in [-0.2, 0) is 0 Å². The van der Waals surface area contributed by atoms with Crippen molar-refractivity contribution in [3.8, 4) is 0 Å². The summed E-state index contributed by atoms with van der Waals surface area (Å²) in [4.78, 5) is 20.0. The molecule has 2 aromatic rings. The van der Waals surface area contributed by atoms with Gasteiger partial charge >= 0.3 is 0 Å². The summed E-state index contributed by atoms with van der Waals surface area (Å²) < 4.78 is 0. The first-order valence-corrected chi connectivity index (χ1v) is 5.14. The lowest BCUT2D eigenvalue weighted by molar-refractivity contribution is 0.103. The summed E-state index contributed by atoms with van der Waals surface area (Å²) >= 11 is 5.90. The smallest absolute Gasteiger partial charge is 0.214 e. The summed E-state index contributed by atoms with van der Waals surface area (Å²) in [5.74, 6) is -0.210. The maximum absolute atomic E-state index is 12.0. The van der Waals surface area contributed by atoms with Crippen LogP contribution in [-0.4, -0.2) is 15.8 Å². The SMILES string of the molecule is Cc1ccc(C(=O)c2ncccc2Cl)cn1. The Morgan fingerprint density at radius 3 is 2.69 bits per heavy atom. The van der Waals surface area contributed by atoms with Crippen LogP contribution in [0, 0.1) is 6.92 Å². The maximum atomic E-state index is 12.0. The molecule has 0 fully saturated rings. The van der Waals surface area contributed by atoms with E-state index >= 15 is 0 Å². The lowest BCUT2D eigenvalue weighted by Crippen LogP contribution is -2.05. The van der Waals surface area contributed by atoms with Gasteiger partial charge in [0, 0.05) is 23.7 Å². The van der Waals surface area contributed by atoms with Gasteiger partial charge in [-0.05, 0) is 31.2 Å². The monoisotopic (exact) mass is 232 g/mol. The first-order valence-electron chi connectivity index (χ1n) is 4.76. The number of rotatable bonds is 2. The summed E-state index contributed by atoms with van der Waals surface area (Å²) in [7, 11) is 0. The van der Waals surface area contributed by atoms with Crippen molar-refractivity contribution in [3.05, 3.63) is 58.6 Å². The Bertz CT molecular complexity index is 523. The topological polar surface area (TPSA) is 42.9 Å². The molecule has 80 valence electrons. The number of aromatic nitrogens is 2. The predicted octanol–water partition coefficient (Wildman–Crippen LogP) is 2.67. The van der Waals surface area contributed by atoms with Gasteiger partial charge < -0.3 is 0 Å². The average Bonchev–Trinajstić information content (AvgIpc) is 2.30. The molecule has 0 saturated carbocycles. The van der Waals surface area contributed by atoms with Crippen LogP contribution in [0.5, 0.6) is 0 Å². The molecule has 0 amide bonds. The molecule has 2 aromatic heterocycles. The van der Waals surface area contributed by atoms with E-state index in [9.17, 15) is 4.79 Å². The second-order valence-corrected chi connectivity index (χ2v) is 3.76. The van der Waals surface area contributed by atoms with Crippen LogP contribution in [0.15, 0.2) is 36.7 Å². The Balaban J connectivity index is 2.40. The van der Waals surface area contributed by atoms with Crippen LogP contribution in [0.4, 0.5) is 0 Å². The normalized spacial score (nSPS) is 10.1. The lowest BCUT2D eigenvalue weighted by atomic mass is 10.1. The highest BCUT2D eigenvalue weighted by molar-refractivity contribution is 6.34. The molecular weight excluding hydrogens is 224 g/mol. The Kier molecular flexibility index (Phi) is 2.97. The molecule has 0 aromatic carbocycles. The minimum Gasteiger partial charge on any atom is -0.287 e. The summed E-state index contributed by atoms with van der Waals surface area (Å²) in [5, 5.41) is 0.355. The zero-order chi connectivity index (χ0) is 11.5. The first kappa shape index (κ1) is 10.8. The lowest BCUT2D eigenvalue weighted by Gasteiger charge is -2.01. The number of nitrogens with zero attached hydrogens (tertiary/aromatic N) is 2. The Hall–Kier alpha value is -1.74. The van der Waals surface area contributed by atoms with Crippen molar-refractivity contribution in [2.75, 3.05) is 0 Å². The molecule has 16 heavy (non-hydrogen) atoms. The molecule has 0 N–H and O–H groups in total. The van der Waals surface area contributed by atoms with Gasteiger partial charge in [-0.25, -0.2) is 0 Å². The van der Waals surface area contributed by atoms with Crippen LogP contribution in [0.2, 0.25) is 5.02 Å². The van der Waals surface area contributed by atoms with Gasteiger partial charge in [0.2, 0.25) is 5.78 Å². The zero-order valence-corrected chi connectivity index (χ0v) is 9.40. The van der Waals surface area contributed by atoms with Crippen molar-refractivity contribution < 1.29 is 4.79 Å². The highest BCUT2D eigenvalue weighted by Crippen LogP contribution is 2.16. The van der Waals surface area contributed by atoms with Gasteiger partial charge in [0.15, 0.2) is 0 Å². The van der Waals surface area contributed by atoms with Crippen LogP contribution < -0.4 is 0 Å². The second-order valence-electron chi connectivity index (χ2n) is 3.35. The highest BCUT2D eigenvalue weighted by atomic mass is 35.5. The summed E-state index contributed by atoms with van der Waals surface area (Å²) in [6.45, 7) is 1.86. The summed E-state index contributed by atoms with van der Waals surface area (Å²) in [6.07, 6.45) is 3.07. The molecule has 0 unspecified atom stereocenters. The Labute approximate surface area is 98.1 Å². The van der Waals surface area contributed by atoms with Crippen LogP contribution in [0.1, 0.15) is 21.7 Å². The third kappa shape index (κ3) is 2.09. The molecule has 0 aliphatic carbocycles. The van der Waals surface area contributed by atoms with E-state index in [1.165, 1.54) is 6.20 Å². The van der Waals surface area contributed by atoms with Gasteiger partial charge in [-0.3, -0.25) is 14.8 Å². The van der Waals surface area contributed by atoms with E-state index in [1.54, 1.807) is 30.5 Å². The standard InChI is InChI=1S/C12H9ClN2O/c1-8-4-5-9(7-15-8)12(16)11-10(13)3-2-6-14-11/h2-7H,1H3. The van der Waals surface area contributed by atoms with Crippen molar-refractivity contribution in [1.29, 1.82) is 0 Å². The largest absolute Gasteiger partial charge is 0.287 e. The number of halogens is 1. The number of pyridine rings is 2. The van der Waals surface area contributed by atoms with Gasteiger partial charge in [0.25, 0.3) is 0 Å². The van der Waals surface area contributed by atoms with Gasteiger partial charge in [-0.2, -0.15) is 0 Å². The summed E-state index contributed by atoms with van der Waals surface area (Å²) in [5.41, 5.74) is 1.62. The fourth-order valence-corrected chi connectivity index (χ4v) is 1.50. The van der Waals surface area contributed by atoms with E-state index in [0.717, 1.165) is 5.69 Å². The first-order chi connectivity index (χ1) is 7.68. The average molecular weight is 233 g/mol. The second kappa shape index (κ2) is 4.41. The quantitative estimate of drug-likeness (QED) is 0.748. The molecule has 0 saturated heterocycles.